The quantitative estimate of drug-likeness (QED) is 0.610. The minimum absolute atomic E-state index is 0.189. The van der Waals surface area contributed by atoms with Gasteiger partial charge in [0.15, 0.2) is 0 Å². The number of ether oxygens (including phenoxy) is 1. The summed E-state index contributed by atoms with van der Waals surface area (Å²) in [7, 11) is 0. The van der Waals surface area contributed by atoms with Crippen LogP contribution in [-0.2, 0) is 9.53 Å². The lowest BCUT2D eigenvalue weighted by molar-refractivity contribution is -0.160. The number of alkyl halides is 3. The predicted octanol–water partition coefficient (Wildman–Crippen LogP) is 1.93. The molecule has 0 rings (SSSR count). The van der Waals surface area contributed by atoms with E-state index >= 15 is 0 Å². The van der Waals surface area contributed by atoms with E-state index in [-0.39, 0.29) is 13.0 Å². The Bertz CT molecular complexity index is 133. The SMILES string of the molecule is CCOC(CC=O)CC(F)(F)F. The first-order valence-corrected chi connectivity index (χ1v) is 3.61. The van der Waals surface area contributed by atoms with Crippen molar-refractivity contribution >= 4 is 6.29 Å². The molecule has 0 spiro atoms. The maximum Gasteiger partial charge on any atom is 0.391 e. The zero-order valence-electron chi connectivity index (χ0n) is 6.73. The van der Waals surface area contributed by atoms with E-state index in [1.54, 1.807) is 6.92 Å². The van der Waals surface area contributed by atoms with Gasteiger partial charge in [-0.25, -0.2) is 0 Å². The van der Waals surface area contributed by atoms with Crippen molar-refractivity contribution in [1.29, 1.82) is 0 Å². The number of carbonyl (C=O) groups is 1. The van der Waals surface area contributed by atoms with Crippen LogP contribution in [0.25, 0.3) is 0 Å². The van der Waals surface area contributed by atoms with Gasteiger partial charge in [-0.05, 0) is 6.92 Å². The van der Waals surface area contributed by atoms with Gasteiger partial charge >= 0.3 is 6.18 Å². The van der Waals surface area contributed by atoms with Crippen LogP contribution in [-0.4, -0.2) is 25.2 Å². The Hall–Kier alpha value is -0.580. The molecular weight excluding hydrogens is 173 g/mol. The molecule has 0 saturated heterocycles. The Morgan fingerprint density at radius 2 is 2.08 bits per heavy atom. The summed E-state index contributed by atoms with van der Waals surface area (Å²) in [5.74, 6) is 0. The molecule has 0 saturated carbocycles. The van der Waals surface area contributed by atoms with Crippen LogP contribution in [0.1, 0.15) is 19.8 Å². The van der Waals surface area contributed by atoms with Crippen LogP contribution in [0.2, 0.25) is 0 Å². The maximum atomic E-state index is 11.8. The van der Waals surface area contributed by atoms with Crippen LogP contribution >= 0.6 is 0 Å². The fraction of sp³-hybridized carbons (Fsp3) is 0.857. The molecule has 72 valence electrons. The summed E-state index contributed by atoms with van der Waals surface area (Å²) in [6.07, 6.45) is -6.10. The monoisotopic (exact) mass is 184 g/mol. The molecule has 0 heterocycles. The molecule has 1 unspecified atom stereocenters. The number of aldehydes is 1. The second-order valence-corrected chi connectivity index (χ2v) is 2.30. The topological polar surface area (TPSA) is 26.3 Å². The Kier molecular flexibility index (Phi) is 4.89. The van der Waals surface area contributed by atoms with E-state index in [1.165, 1.54) is 0 Å². The summed E-state index contributed by atoms with van der Waals surface area (Å²) >= 11 is 0. The zero-order valence-corrected chi connectivity index (χ0v) is 6.73. The molecule has 0 aromatic rings. The fourth-order valence-corrected chi connectivity index (χ4v) is 0.811. The average Bonchev–Trinajstić information content (AvgIpc) is 1.84. The molecule has 0 aromatic carbocycles. The van der Waals surface area contributed by atoms with Gasteiger partial charge < -0.3 is 9.53 Å². The molecule has 12 heavy (non-hydrogen) atoms. The number of hydrogen-bond donors (Lipinski definition) is 0. The smallest absolute Gasteiger partial charge is 0.378 e. The lowest BCUT2D eigenvalue weighted by Crippen LogP contribution is -2.22. The van der Waals surface area contributed by atoms with Crippen molar-refractivity contribution in [3.8, 4) is 0 Å². The van der Waals surface area contributed by atoms with Gasteiger partial charge in [0.1, 0.15) is 6.29 Å². The van der Waals surface area contributed by atoms with Crippen LogP contribution < -0.4 is 0 Å². The third-order valence-corrected chi connectivity index (χ3v) is 1.22. The van der Waals surface area contributed by atoms with Crippen molar-refractivity contribution in [2.75, 3.05) is 6.61 Å². The minimum atomic E-state index is -4.26. The first-order valence-electron chi connectivity index (χ1n) is 3.61. The first-order chi connectivity index (χ1) is 5.49. The molecule has 0 fully saturated rings. The summed E-state index contributed by atoms with van der Waals surface area (Å²) in [6.45, 7) is 1.78. The molecule has 0 aliphatic rings. The van der Waals surface area contributed by atoms with Gasteiger partial charge in [0.2, 0.25) is 0 Å². The number of halogens is 3. The highest BCUT2D eigenvalue weighted by atomic mass is 19.4. The van der Waals surface area contributed by atoms with Crippen molar-refractivity contribution in [3.63, 3.8) is 0 Å². The molecule has 0 amide bonds. The molecule has 0 aliphatic carbocycles. The van der Waals surface area contributed by atoms with E-state index in [0.29, 0.717) is 6.29 Å². The van der Waals surface area contributed by atoms with E-state index in [0.717, 1.165) is 0 Å². The summed E-state index contributed by atoms with van der Waals surface area (Å²) < 4.78 is 40.0. The van der Waals surface area contributed by atoms with Gasteiger partial charge in [0, 0.05) is 13.0 Å². The third-order valence-electron chi connectivity index (χ3n) is 1.22. The van der Waals surface area contributed by atoms with Crippen molar-refractivity contribution in [1.82, 2.24) is 0 Å². The first kappa shape index (κ1) is 11.4. The number of carbonyl (C=O) groups excluding carboxylic acids is 1. The number of hydrogen-bond acceptors (Lipinski definition) is 2. The van der Waals surface area contributed by atoms with Gasteiger partial charge in [-0.3, -0.25) is 0 Å². The van der Waals surface area contributed by atoms with Crippen molar-refractivity contribution in [3.05, 3.63) is 0 Å². The van der Waals surface area contributed by atoms with Crippen LogP contribution in [0.5, 0.6) is 0 Å². The van der Waals surface area contributed by atoms with Crippen LogP contribution in [0, 0.1) is 0 Å². The molecule has 0 aromatic heterocycles. The number of rotatable bonds is 5. The van der Waals surface area contributed by atoms with Crippen LogP contribution in [0.15, 0.2) is 0 Å². The summed E-state index contributed by atoms with van der Waals surface area (Å²) in [6, 6.07) is 0. The second-order valence-electron chi connectivity index (χ2n) is 2.30. The van der Waals surface area contributed by atoms with Crippen molar-refractivity contribution in [2.24, 2.45) is 0 Å². The predicted molar refractivity (Wildman–Crippen MR) is 36.8 cm³/mol. The highest BCUT2D eigenvalue weighted by Crippen LogP contribution is 2.23. The summed E-state index contributed by atoms with van der Waals surface area (Å²) in [5, 5.41) is 0. The van der Waals surface area contributed by atoms with Gasteiger partial charge in [-0.1, -0.05) is 0 Å². The van der Waals surface area contributed by atoms with E-state index in [2.05, 4.69) is 0 Å². The second kappa shape index (κ2) is 5.13. The van der Waals surface area contributed by atoms with Crippen molar-refractivity contribution in [2.45, 2.75) is 32.0 Å². The molecule has 1 atom stereocenters. The highest BCUT2D eigenvalue weighted by Gasteiger charge is 2.31. The van der Waals surface area contributed by atoms with Gasteiger partial charge in [-0.2, -0.15) is 13.2 Å². The Morgan fingerprint density at radius 3 is 2.42 bits per heavy atom. The molecule has 2 nitrogen and oxygen atoms in total. The Labute approximate surface area is 68.7 Å². The molecule has 0 N–H and O–H groups in total. The third kappa shape index (κ3) is 6.15. The largest absolute Gasteiger partial charge is 0.391 e. The average molecular weight is 184 g/mol. The van der Waals surface area contributed by atoms with Gasteiger partial charge in [0.05, 0.1) is 12.5 Å². The zero-order chi connectivity index (χ0) is 9.61. The lowest BCUT2D eigenvalue weighted by atomic mass is 10.2. The fourth-order valence-electron chi connectivity index (χ4n) is 0.811. The van der Waals surface area contributed by atoms with E-state index in [9.17, 15) is 18.0 Å². The van der Waals surface area contributed by atoms with Crippen LogP contribution in [0.3, 0.4) is 0 Å². The molecule has 0 bridgehead atoms. The van der Waals surface area contributed by atoms with Gasteiger partial charge in [-0.15, -0.1) is 0 Å². The Morgan fingerprint density at radius 1 is 1.50 bits per heavy atom. The Balaban J connectivity index is 3.85. The van der Waals surface area contributed by atoms with E-state index < -0.39 is 18.7 Å². The summed E-state index contributed by atoms with van der Waals surface area (Å²) in [4.78, 5) is 9.93. The maximum absolute atomic E-state index is 11.8. The normalized spacial score (nSPS) is 14.3. The highest BCUT2D eigenvalue weighted by molar-refractivity contribution is 5.50. The molecular formula is C7H11F3O2. The molecule has 0 aliphatic heterocycles. The molecule has 5 heteroatoms. The standard InChI is InChI=1S/C7H11F3O2/c1-2-12-6(3-4-11)5-7(8,9)10/h4,6H,2-3,5H2,1H3. The lowest BCUT2D eigenvalue weighted by Gasteiger charge is -2.15. The van der Waals surface area contributed by atoms with Crippen molar-refractivity contribution < 1.29 is 22.7 Å². The van der Waals surface area contributed by atoms with E-state index in [4.69, 9.17) is 4.74 Å². The summed E-state index contributed by atoms with van der Waals surface area (Å²) in [5.41, 5.74) is 0. The minimum Gasteiger partial charge on any atom is -0.378 e. The van der Waals surface area contributed by atoms with Crippen LogP contribution in [0.4, 0.5) is 13.2 Å². The van der Waals surface area contributed by atoms with Gasteiger partial charge in [0.25, 0.3) is 0 Å². The molecule has 0 radical (unpaired) electrons. The van der Waals surface area contributed by atoms with E-state index in [1.807, 2.05) is 0 Å².